The number of hydrogen-bond donors (Lipinski definition) is 1. The molecule has 3 aromatic carbocycles. The topological polar surface area (TPSA) is 46.4 Å². The van der Waals surface area contributed by atoms with E-state index >= 15 is 0 Å². The molecule has 0 spiro atoms. The summed E-state index contributed by atoms with van der Waals surface area (Å²) in [5.41, 5.74) is 6.02. The first-order valence-electron chi connectivity index (χ1n) is 9.07. The van der Waals surface area contributed by atoms with Crippen molar-refractivity contribution >= 4 is 38.9 Å². The summed E-state index contributed by atoms with van der Waals surface area (Å²) in [5.74, 6) is -0.0371. The first-order valence-corrected chi connectivity index (χ1v) is 9.95. The van der Waals surface area contributed by atoms with E-state index in [4.69, 9.17) is 0 Å². The average Bonchev–Trinajstić information content (AvgIpc) is 3.29. The minimum Gasteiger partial charge on any atom is -0.326 e. The zero-order valence-corrected chi connectivity index (χ0v) is 15.8. The third-order valence-electron chi connectivity index (χ3n) is 4.74. The molecule has 136 valence electrons. The van der Waals surface area contributed by atoms with Crippen LogP contribution in [0, 0.1) is 0 Å². The monoisotopic (exact) mass is 383 g/mol. The lowest BCUT2D eigenvalue weighted by molar-refractivity contribution is -0.115. The smallest absolute Gasteiger partial charge is 0.230 e. The molecule has 28 heavy (non-hydrogen) atoms. The molecule has 0 aliphatic carbocycles. The van der Waals surface area contributed by atoms with Gasteiger partial charge in [0, 0.05) is 16.8 Å². The summed E-state index contributed by atoms with van der Waals surface area (Å²) in [5, 5.41) is 5.00. The normalized spacial score (nSPS) is 11.1. The number of carbonyl (C=O) groups excluding carboxylic acids is 1. The molecular formula is C23H17N3OS. The van der Waals surface area contributed by atoms with E-state index in [1.165, 1.54) is 0 Å². The number of thiazole rings is 1. The molecule has 0 fully saturated rings. The summed E-state index contributed by atoms with van der Waals surface area (Å²) in [7, 11) is 0. The van der Waals surface area contributed by atoms with E-state index in [0.717, 1.165) is 38.5 Å². The number of anilines is 1. The molecule has 1 amide bonds. The summed E-state index contributed by atoms with van der Waals surface area (Å²) < 4.78 is 2.07. The molecule has 4 nitrogen and oxygen atoms in total. The van der Waals surface area contributed by atoms with Gasteiger partial charge in [0.2, 0.25) is 5.91 Å². The Hall–Kier alpha value is -3.44. The van der Waals surface area contributed by atoms with Gasteiger partial charge in [-0.25, -0.2) is 4.98 Å². The van der Waals surface area contributed by atoms with Gasteiger partial charge in [0.05, 0.1) is 17.5 Å². The Bertz CT molecular complexity index is 1270. The second-order valence-electron chi connectivity index (χ2n) is 6.61. The van der Waals surface area contributed by atoms with Crippen LogP contribution in [0.3, 0.4) is 0 Å². The fourth-order valence-corrected chi connectivity index (χ4v) is 4.30. The van der Waals surface area contributed by atoms with E-state index in [1.807, 2.05) is 72.1 Å². The van der Waals surface area contributed by atoms with Crippen LogP contribution in [0.5, 0.6) is 0 Å². The van der Waals surface area contributed by atoms with Gasteiger partial charge in [-0.3, -0.25) is 9.20 Å². The van der Waals surface area contributed by atoms with Crippen LogP contribution in [-0.2, 0) is 11.2 Å². The van der Waals surface area contributed by atoms with Crippen LogP contribution in [0.4, 0.5) is 5.69 Å². The largest absolute Gasteiger partial charge is 0.326 e. The SMILES string of the molecule is O=C(Cc1csc2nc3ccccc3n12)Nc1ccc(-c2ccccc2)cc1. The van der Waals surface area contributed by atoms with Gasteiger partial charge in [0.15, 0.2) is 4.96 Å². The molecule has 0 atom stereocenters. The summed E-state index contributed by atoms with van der Waals surface area (Å²) >= 11 is 1.56. The van der Waals surface area contributed by atoms with Gasteiger partial charge >= 0.3 is 0 Å². The lowest BCUT2D eigenvalue weighted by Crippen LogP contribution is -2.15. The fraction of sp³-hybridized carbons (Fsp3) is 0.0435. The molecule has 0 unspecified atom stereocenters. The Balaban J connectivity index is 1.34. The molecule has 0 aliphatic rings. The van der Waals surface area contributed by atoms with Crippen molar-refractivity contribution in [1.29, 1.82) is 0 Å². The average molecular weight is 383 g/mol. The van der Waals surface area contributed by atoms with Gasteiger partial charge < -0.3 is 5.32 Å². The van der Waals surface area contributed by atoms with E-state index in [1.54, 1.807) is 11.3 Å². The highest BCUT2D eigenvalue weighted by Gasteiger charge is 2.13. The molecule has 5 rings (SSSR count). The predicted molar refractivity (Wildman–Crippen MR) is 115 cm³/mol. The number of nitrogens with one attached hydrogen (secondary N) is 1. The third kappa shape index (κ3) is 3.06. The van der Waals surface area contributed by atoms with Crippen molar-refractivity contribution in [2.45, 2.75) is 6.42 Å². The van der Waals surface area contributed by atoms with Crippen molar-refractivity contribution in [3.63, 3.8) is 0 Å². The highest BCUT2D eigenvalue weighted by atomic mass is 32.1. The predicted octanol–water partition coefficient (Wildman–Crippen LogP) is 5.40. The van der Waals surface area contributed by atoms with Crippen LogP contribution in [0.15, 0.2) is 84.2 Å². The summed E-state index contributed by atoms with van der Waals surface area (Å²) in [6.07, 6.45) is 0.306. The van der Waals surface area contributed by atoms with Crippen molar-refractivity contribution in [3.05, 3.63) is 89.9 Å². The van der Waals surface area contributed by atoms with Crippen LogP contribution >= 0.6 is 11.3 Å². The van der Waals surface area contributed by atoms with Gasteiger partial charge in [-0.05, 0) is 35.4 Å². The van der Waals surface area contributed by atoms with Gasteiger partial charge in [0.1, 0.15) is 0 Å². The Morgan fingerprint density at radius 3 is 2.43 bits per heavy atom. The van der Waals surface area contributed by atoms with Crippen LogP contribution in [-0.4, -0.2) is 15.3 Å². The van der Waals surface area contributed by atoms with Gasteiger partial charge in [-0.1, -0.05) is 54.6 Å². The van der Waals surface area contributed by atoms with Crippen molar-refractivity contribution in [1.82, 2.24) is 9.38 Å². The Labute approximate surface area is 166 Å². The van der Waals surface area contributed by atoms with E-state index in [2.05, 4.69) is 26.8 Å². The molecule has 0 aliphatic heterocycles. The van der Waals surface area contributed by atoms with Crippen LogP contribution in [0.2, 0.25) is 0 Å². The standard InChI is InChI=1S/C23H17N3OS/c27-22(24-18-12-10-17(11-13-18)16-6-2-1-3-7-16)14-19-15-28-23-25-20-8-4-5-9-21(20)26(19)23/h1-13,15H,14H2,(H,24,27). The lowest BCUT2D eigenvalue weighted by Gasteiger charge is -2.07. The maximum absolute atomic E-state index is 12.6. The van der Waals surface area contributed by atoms with Crippen LogP contribution < -0.4 is 5.32 Å². The number of amides is 1. The molecule has 1 N–H and O–H groups in total. The molecule has 0 saturated carbocycles. The molecule has 5 aromatic rings. The number of para-hydroxylation sites is 2. The lowest BCUT2D eigenvalue weighted by atomic mass is 10.1. The number of aromatic nitrogens is 2. The van der Waals surface area contributed by atoms with E-state index in [0.29, 0.717) is 6.42 Å². The van der Waals surface area contributed by atoms with E-state index < -0.39 is 0 Å². The van der Waals surface area contributed by atoms with Gasteiger partial charge in [-0.15, -0.1) is 11.3 Å². The highest BCUT2D eigenvalue weighted by molar-refractivity contribution is 7.15. The maximum atomic E-state index is 12.6. The zero-order chi connectivity index (χ0) is 18.9. The quantitative estimate of drug-likeness (QED) is 0.452. The van der Waals surface area contributed by atoms with Gasteiger partial charge in [0.25, 0.3) is 0 Å². The van der Waals surface area contributed by atoms with E-state index in [9.17, 15) is 4.79 Å². The van der Waals surface area contributed by atoms with Gasteiger partial charge in [-0.2, -0.15) is 0 Å². The third-order valence-corrected chi connectivity index (χ3v) is 5.61. The number of hydrogen-bond acceptors (Lipinski definition) is 3. The summed E-state index contributed by atoms with van der Waals surface area (Å²) in [6, 6.07) is 26.1. The number of fused-ring (bicyclic) bond motifs is 3. The second kappa shape index (κ2) is 6.94. The molecule has 0 saturated heterocycles. The second-order valence-corrected chi connectivity index (χ2v) is 7.45. The number of benzene rings is 3. The first-order chi connectivity index (χ1) is 13.8. The molecule has 0 radical (unpaired) electrons. The Morgan fingerprint density at radius 2 is 1.61 bits per heavy atom. The summed E-state index contributed by atoms with van der Waals surface area (Å²) in [4.78, 5) is 18.1. The number of carbonyl (C=O) groups is 1. The Morgan fingerprint density at radius 1 is 0.893 bits per heavy atom. The number of rotatable bonds is 4. The van der Waals surface area contributed by atoms with Crippen LogP contribution in [0.25, 0.3) is 27.1 Å². The fourth-order valence-electron chi connectivity index (χ4n) is 3.40. The maximum Gasteiger partial charge on any atom is 0.230 e. The number of nitrogens with zero attached hydrogens (tertiary/aromatic N) is 2. The van der Waals surface area contributed by atoms with Crippen molar-refractivity contribution in [2.24, 2.45) is 0 Å². The molecular weight excluding hydrogens is 366 g/mol. The van der Waals surface area contributed by atoms with Crippen molar-refractivity contribution < 1.29 is 4.79 Å². The van der Waals surface area contributed by atoms with Crippen LogP contribution in [0.1, 0.15) is 5.69 Å². The minimum absolute atomic E-state index is 0.0371. The summed E-state index contributed by atoms with van der Waals surface area (Å²) in [6.45, 7) is 0. The molecule has 2 heterocycles. The van der Waals surface area contributed by atoms with Crippen molar-refractivity contribution in [3.8, 4) is 11.1 Å². The number of imidazole rings is 1. The zero-order valence-electron chi connectivity index (χ0n) is 15.0. The van der Waals surface area contributed by atoms with E-state index in [-0.39, 0.29) is 5.91 Å². The Kier molecular flexibility index (Phi) is 4.14. The molecule has 5 heteroatoms. The van der Waals surface area contributed by atoms with Crippen molar-refractivity contribution in [2.75, 3.05) is 5.32 Å². The molecule has 2 aromatic heterocycles. The minimum atomic E-state index is -0.0371. The first kappa shape index (κ1) is 16.7. The molecule has 0 bridgehead atoms. The highest BCUT2D eigenvalue weighted by Crippen LogP contribution is 2.24.